The van der Waals surface area contributed by atoms with Crippen molar-refractivity contribution in [2.24, 2.45) is 0 Å². The molecule has 1 heterocycles. The Morgan fingerprint density at radius 3 is 2.55 bits per heavy atom. The average Bonchev–Trinajstić information content (AvgIpc) is 2.68. The first kappa shape index (κ1) is 20.4. The van der Waals surface area contributed by atoms with Gasteiger partial charge < -0.3 is 34.8 Å². The van der Waals surface area contributed by atoms with Gasteiger partial charge in [-0.15, -0.1) is 0 Å². The molecule has 1 aliphatic rings. The van der Waals surface area contributed by atoms with Crippen molar-refractivity contribution in [2.75, 3.05) is 19.5 Å². The summed E-state index contributed by atoms with van der Waals surface area (Å²) < 4.78 is 15.4. The molecule has 0 saturated heterocycles. The second kappa shape index (κ2) is 7.96. The fraction of sp³-hybridized carbons (Fsp3) is 0.263. The number of methoxy groups -OCH3 is 2. The number of hydrogen-bond acceptors (Lipinski definition) is 8. The normalized spacial score (nSPS) is 15.1. The zero-order valence-corrected chi connectivity index (χ0v) is 16.2. The van der Waals surface area contributed by atoms with Crippen molar-refractivity contribution in [1.82, 2.24) is 0 Å². The standard InChI is InChI=1S/C19H18ClNO8/c1-27-15-7-14-9(5-10(15)22)21-18(25)13(29-14)4-3-8-16(19(26)28-2)11(23)6-12(24)17(8)20/h5-7,13,22-24H,3-4H2,1-2H3,(H,21,25)/t13-/m0/s1. The fourth-order valence-corrected chi connectivity index (χ4v) is 3.29. The molecule has 1 amide bonds. The number of benzene rings is 2. The number of carbonyl (C=O) groups is 2. The van der Waals surface area contributed by atoms with E-state index in [1.54, 1.807) is 0 Å². The topological polar surface area (TPSA) is 135 Å². The third-order valence-electron chi connectivity index (χ3n) is 4.47. The van der Waals surface area contributed by atoms with Crippen molar-refractivity contribution in [1.29, 1.82) is 0 Å². The summed E-state index contributed by atoms with van der Waals surface area (Å²) in [4.78, 5) is 24.4. The fourth-order valence-electron chi connectivity index (χ4n) is 3.04. The minimum Gasteiger partial charge on any atom is -0.507 e. The van der Waals surface area contributed by atoms with E-state index in [2.05, 4.69) is 10.1 Å². The van der Waals surface area contributed by atoms with Crippen LogP contribution in [0.2, 0.25) is 5.02 Å². The van der Waals surface area contributed by atoms with Crippen LogP contribution >= 0.6 is 11.6 Å². The smallest absolute Gasteiger partial charge is 0.341 e. The number of halogens is 1. The van der Waals surface area contributed by atoms with Crippen LogP contribution in [0.15, 0.2) is 18.2 Å². The molecular weight excluding hydrogens is 406 g/mol. The van der Waals surface area contributed by atoms with E-state index < -0.39 is 29.5 Å². The van der Waals surface area contributed by atoms with Gasteiger partial charge in [-0.1, -0.05) is 11.6 Å². The van der Waals surface area contributed by atoms with Gasteiger partial charge in [0.1, 0.15) is 22.8 Å². The lowest BCUT2D eigenvalue weighted by atomic mass is 9.98. The van der Waals surface area contributed by atoms with E-state index >= 15 is 0 Å². The zero-order chi connectivity index (χ0) is 21.3. The first-order chi connectivity index (χ1) is 13.8. The number of ether oxygens (including phenoxy) is 3. The van der Waals surface area contributed by atoms with E-state index in [0.717, 1.165) is 13.2 Å². The van der Waals surface area contributed by atoms with Gasteiger partial charge in [-0.05, 0) is 18.4 Å². The summed E-state index contributed by atoms with van der Waals surface area (Å²) in [5, 5.41) is 32.2. The molecule has 0 radical (unpaired) electrons. The molecule has 0 fully saturated rings. The van der Waals surface area contributed by atoms with E-state index in [1.807, 2.05) is 0 Å². The molecule has 2 aromatic rings. The van der Waals surface area contributed by atoms with Crippen molar-refractivity contribution in [3.8, 4) is 28.7 Å². The van der Waals surface area contributed by atoms with Gasteiger partial charge in [0.05, 0.1) is 24.9 Å². The maximum atomic E-state index is 12.4. The monoisotopic (exact) mass is 423 g/mol. The highest BCUT2D eigenvalue weighted by molar-refractivity contribution is 6.33. The highest BCUT2D eigenvalue weighted by atomic mass is 35.5. The average molecular weight is 424 g/mol. The largest absolute Gasteiger partial charge is 0.507 e. The van der Waals surface area contributed by atoms with E-state index in [-0.39, 0.29) is 46.2 Å². The Morgan fingerprint density at radius 1 is 1.17 bits per heavy atom. The minimum absolute atomic E-state index is 0.0217. The Balaban J connectivity index is 1.87. The van der Waals surface area contributed by atoms with Crippen molar-refractivity contribution >= 4 is 29.2 Å². The summed E-state index contributed by atoms with van der Waals surface area (Å²) in [5.74, 6) is -1.89. The Bertz CT molecular complexity index is 991. The van der Waals surface area contributed by atoms with Crippen LogP contribution in [0.4, 0.5) is 5.69 Å². The van der Waals surface area contributed by atoms with Crippen LogP contribution in [-0.4, -0.2) is 47.5 Å². The summed E-state index contributed by atoms with van der Waals surface area (Å²) in [6.45, 7) is 0. The molecule has 0 saturated carbocycles. The molecular formula is C19H18ClNO8. The summed E-state index contributed by atoms with van der Waals surface area (Å²) >= 11 is 6.11. The second-order valence-electron chi connectivity index (χ2n) is 6.23. The van der Waals surface area contributed by atoms with Gasteiger partial charge in [0.25, 0.3) is 5.91 Å². The number of nitrogens with one attached hydrogen (secondary N) is 1. The summed E-state index contributed by atoms with van der Waals surface area (Å²) in [5.41, 5.74) is 0.216. The van der Waals surface area contributed by atoms with Gasteiger partial charge in [-0.25, -0.2) is 4.79 Å². The Labute approximate surface area is 170 Å². The number of rotatable bonds is 5. The first-order valence-corrected chi connectivity index (χ1v) is 8.84. The Morgan fingerprint density at radius 2 is 1.90 bits per heavy atom. The molecule has 2 aromatic carbocycles. The van der Waals surface area contributed by atoms with Gasteiger partial charge >= 0.3 is 5.97 Å². The maximum absolute atomic E-state index is 12.4. The van der Waals surface area contributed by atoms with E-state index in [0.29, 0.717) is 5.75 Å². The van der Waals surface area contributed by atoms with Crippen LogP contribution < -0.4 is 14.8 Å². The number of esters is 1. The van der Waals surface area contributed by atoms with Gasteiger partial charge in [0, 0.05) is 18.2 Å². The van der Waals surface area contributed by atoms with Crippen molar-refractivity contribution in [3.63, 3.8) is 0 Å². The number of amides is 1. The SMILES string of the molecule is COC(=O)c1c(O)cc(O)c(Cl)c1CC[C@@H]1Oc2cc(OC)c(O)cc2NC1=O. The number of phenolic OH excluding ortho intramolecular Hbond substituents is 3. The molecule has 29 heavy (non-hydrogen) atoms. The van der Waals surface area contributed by atoms with Crippen LogP contribution in [0.3, 0.4) is 0 Å². The predicted molar refractivity (Wildman–Crippen MR) is 102 cm³/mol. The highest BCUT2D eigenvalue weighted by Crippen LogP contribution is 2.41. The number of carbonyl (C=O) groups excluding carboxylic acids is 2. The van der Waals surface area contributed by atoms with Gasteiger partial charge in [-0.2, -0.15) is 0 Å². The second-order valence-corrected chi connectivity index (χ2v) is 6.61. The summed E-state index contributed by atoms with van der Waals surface area (Å²) in [6.07, 6.45) is -0.864. The number of fused-ring (bicyclic) bond motifs is 1. The molecule has 10 heteroatoms. The lowest BCUT2D eigenvalue weighted by Gasteiger charge is -2.26. The lowest BCUT2D eigenvalue weighted by Crippen LogP contribution is -2.37. The minimum atomic E-state index is -0.956. The summed E-state index contributed by atoms with van der Waals surface area (Å²) in [7, 11) is 2.52. The van der Waals surface area contributed by atoms with E-state index in [4.69, 9.17) is 21.1 Å². The molecule has 3 rings (SSSR count). The predicted octanol–water partition coefficient (Wildman–Crippen LogP) is 2.58. The third kappa shape index (κ3) is 3.81. The Hall–Kier alpha value is -3.33. The molecule has 0 aromatic heterocycles. The molecule has 9 nitrogen and oxygen atoms in total. The van der Waals surface area contributed by atoms with Gasteiger partial charge in [0.2, 0.25) is 0 Å². The number of phenols is 3. The van der Waals surface area contributed by atoms with Crippen LogP contribution in [0.5, 0.6) is 28.7 Å². The molecule has 154 valence electrons. The molecule has 1 atom stereocenters. The molecule has 1 aliphatic heterocycles. The van der Waals surface area contributed by atoms with Gasteiger partial charge in [0.15, 0.2) is 17.6 Å². The lowest BCUT2D eigenvalue weighted by molar-refractivity contribution is -0.123. The van der Waals surface area contributed by atoms with Crippen LogP contribution in [0, 0.1) is 0 Å². The van der Waals surface area contributed by atoms with Crippen molar-refractivity contribution in [3.05, 3.63) is 34.3 Å². The molecule has 0 aliphatic carbocycles. The van der Waals surface area contributed by atoms with Crippen molar-refractivity contribution in [2.45, 2.75) is 18.9 Å². The third-order valence-corrected chi connectivity index (χ3v) is 4.89. The highest BCUT2D eigenvalue weighted by Gasteiger charge is 2.30. The van der Waals surface area contributed by atoms with E-state index in [9.17, 15) is 24.9 Å². The number of aromatic hydroxyl groups is 3. The van der Waals surface area contributed by atoms with Gasteiger partial charge in [-0.3, -0.25) is 4.79 Å². The van der Waals surface area contributed by atoms with E-state index in [1.165, 1.54) is 19.2 Å². The summed E-state index contributed by atoms with van der Waals surface area (Å²) in [6, 6.07) is 3.68. The zero-order valence-electron chi connectivity index (χ0n) is 15.5. The number of anilines is 1. The van der Waals surface area contributed by atoms with Crippen molar-refractivity contribution < 1.29 is 39.1 Å². The Kier molecular flexibility index (Phi) is 5.60. The molecule has 0 spiro atoms. The molecule has 0 bridgehead atoms. The van der Waals surface area contributed by atoms with Crippen LogP contribution in [0.1, 0.15) is 22.3 Å². The van der Waals surface area contributed by atoms with Crippen LogP contribution in [-0.2, 0) is 16.0 Å². The van der Waals surface area contributed by atoms with Crippen LogP contribution in [0.25, 0.3) is 0 Å². The molecule has 0 unspecified atom stereocenters. The number of hydrogen-bond donors (Lipinski definition) is 4. The molecule has 4 N–H and O–H groups in total. The maximum Gasteiger partial charge on any atom is 0.341 e. The quantitative estimate of drug-likeness (QED) is 0.539. The first-order valence-electron chi connectivity index (χ1n) is 8.47.